The fourth-order valence-corrected chi connectivity index (χ4v) is 4.12. The number of aryl methyl sites for hydroxylation is 1. The van der Waals surface area contributed by atoms with Crippen LogP contribution in [0.1, 0.15) is 49.3 Å². The van der Waals surface area contributed by atoms with E-state index in [2.05, 4.69) is 20.8 Å². The van der Waals surface area contributed by atoms with Crippen LogP contribution in [0.3, 0.4) is 0 Å². The summed E-state index contributed by atoms with van der Waals surface area (Å²) < 4.78 is 10.9. The first kappa shape index (κ1) is 22.4. The Kier molecular flexibility index (Phi) is 5.62. The molecule has 6 nitrogen and oxygen atoms in total. The topological polar surface area (TPSA) is 80.0 Å². The zero-order chi connectivity index (χ0) is 23.9. The Labute approximate surface area is 193 Å². The van der Waals surface area contributed by atoms with Gasteiger partial charge in [0, 0.05) is 11.3 Å². The molecule has 1 N–H and O–H groups in total. The van der Waals surface area contributed by atoms with E-state index in [0.29, 0.717) is 22.8 Å². The van der Waals surface area contributed by atoms with Gasteiger partial charge in [0.1, 0.15) is 23.3 Å². The number of ether oxygens (including phenoxy) is 1. The van der Waals surface area contributed by atoms with Crippen molar-refractivity contribution in [2.75, 3.05) is 12.0 Å². The van der Waals surface area contributed by atoms with Gasteiger partial charge in [0.15, 0.2) is 0 Å². The van der Waals surface area contributed by atoms with Crippen LogP contribution in [-0.4, -0.2) is 23.9 Å². The Morgan fingerprint density at radius 3 is 2.30 bits per heavy atom. The minimum absolute atomic E-state index is 0.0144. The van der Waals surface area contributed by atoms with E-state index in [9.17, 15) is 14.7 Å². The van der Waals surface area contributed by atoms with Crippen molar-refractivity contribution in [3.63, 3.8) is 0 Å². The minimum atomic E-state index is -0.886. The van der Waals surface area contributed by atoms with Crippen molar-refractivity contribution in [1.82, 2.24) is 0 Å². The van der Waals surface area contributed by atoms with Crippen molar-refractivity contribution in [2.24, 2.45) is 0 Å². The maximum Gasteiger partial charge on any atom is 0.300 e. The lowest BCUT2D eigenvalue weighted by molar-refractivity contribution is -0.132. The number of hydrogen-bond acceptors (Lipinski definition) is 5. The maximum atomic E-state index is 13.2. The zero-order valence-corrected chi connectivity index (χ0v) is 19.4. The molecule has 0 aliphatic carbocycles. The largest absolute Gasteiger partial charge is 0.507 e. The smallest absolute Gasteiger partial charge is 0.300 e. The number of aliphatic hydroxyl groups excluding tert-OH is 1. The van der Waals surface area contributed by atoms with E-state index in [1.54, 1.807) is 37.4 Å². The van der Waals surface area contributed by atoms with E-state index in [4.69, 9.17) is 9.15 Å². The molecule has 1 unspecified atom stereocenters. The summed E-state index contributed by atoms with van der Waals surface area (Å²) in [5, 5.41) is 11.2. The van der Waals surface area contributed by atoms with Gasteiger partial charge in [0.2, 0.25) is 0 Å². The average molecular weight is 446 g/mol. The van der Waals surface area contributed by atoms with Gasteiger partial charge < -0.3 is 14.3 Å². The predicted molar refractivity (Wildman–Crippen MR) is 126 cm³/mol. The summed E-state index contributed by atoms with van der Waals surface area (Å²) >= 11 is 0. The number of Topliss-reactive ketones (excluding diaryl/α,β-unsaturated/α-hetero) is 1. The first-order valence-corrected chi connectivity index (χ1v) is 10.7. The van der Waals surface area contributed by atoms with E-state index in [1.807, 2.05) is 31.2 Å². The predicted octanol–water partition coefficient (Wildman–Crippen LogP) is 5.52. The Morgan fingerprint density at radius 1 is 1.06 bits per heavy atom. The van der Waals surface area contributed by atoms with E-state index in [1.165, 1.54) is 11.2 Å². The van der Waals surface area contributed by atoms with Crippen molar-refractivity contribution in [3.8, 4) is 5.75 Å². The molecule has 1 amide bonds. The van der Waals surface area contributed by atoms with Crippen LogP contribution in [0, 0.1) is 6.92 Å². The Bertz CT molecular complexity index is 1230. The summed E-state index contributed by atoms with van der Waals surface area (Å²) in [5.74, 6) is -0.683. The average Bonchev–Trinajstić information content (AvgIpc) is 3.40. The van der Waals surface area contributed by atoms with Gasteiger partial charge in [0.25, 0.3) is 11.7 Å². The molecule has 33 heavy (non-hydrogen) atoms. The molecule has 1 aromatic heterocycles. The van der Waals surface area contributed by atoms with Crippen molar-refractivity contribution >= 4 is 23.1 Å². The van der Waals surface area contributed by atoms with Crippen molar-refractivity contribution in [1.29, 1.82) is 0 Å². The number of carbonyl (C=O) groups excluding carboxylic acids is 2. The van der Waals surface area contributed by atoms with Crippen LogP contribution in [0.15, 0.2) is 70.9 Å². The second-order valence-electron chi connectivity index (χ2n) is 9.17. The number of amides is 1. The molecule has 2 aromatic carbocycles. The van der Waals surface area contributed by atoms with E-state index >= 15 is 0 Å². The molecule has 3 aromatic rings. The third-order valence-electron chi connectivity index (χ3n) is 5.94. The number of aliphatic hydroxyl groups is 1. The summed E-state index contributed by atoms with van der Waals surface area (Å²) in [6.07, 6.45) is 1.48. The highest BCUT2D eigenvalue weighted by molar-refractivity contribution is 6.51. The summed E-state index contributed by atoms with van der Waals surface area (Å²) in [4.78, 5) is 27.7. The fourth-order valence-electron chi connectivity index (χ4n) is 4.12. The Balaban J connectivity index is 1.86. The highest BCUT2D eigenvalue weighted by Crippen LogP contribution is 2.43. The lowest BCUT2D eigenvalue weighted by Crippen LogP contribution is -2.29. The van der Waals surface area contributed by atoms with Gasteiger partial charge in [-0.15, -0.1) is 0 Å². The molecule has 4 rings (SSSR count). The molecule has 1 aliphatic rings. The highest BCUT2D eigenvalue weighted by Gasteiger charge is 2.48. The van der Waals surface area contributed by atoms with E-state index in [0.717, 1.165) is 11.1 Å². The van der Waals surface area contributed by atoms with Gasteiger partial charge in [-0.3, -0.25) is 14.5 Å². The molecule has 1 fully saturated rings. The van der Waals surface area contributed by atoms with Gasteiger partial charge in [-0.05, 0) is 65.9 Å². The number of ketones is 1. The van der Waals surface area contributed by atoms with Crippen LogP contribution in [0.4, 0.5) is 5.69 Å². The summed E-state index contributed by atoms with van der Waals surface area (Å²) in [6, 6.07) is 15.1. The van der Waals surface area contributed by atoms with Crippen LogP contribution in [0.2, 0.25) is 0 Å². The molecule has 1 saturated heterocycles. The zero-order valence-electron chi connectivity index (χ0n) is 19.4. The lowest BCUT2D eigenvalue weighted by Gasteiger charge is -2.25. The number of anilines is 1. The van der Waals surface area contributed by atoms with Crippen molar-refractivity contribution < 1.29 is 23.8 Å². The van der Waals surface area contributed by atoms with Crippen molar-refractivity contribution in [2.45, 2.75) is 39.2 Å². The number of furan rings is 1. The van der Waals surface area contributed by atoms with E-state index < -0.39 is 17.7 Å². The molecule has 0 saturated carbocycles. The molecule has 170 valence electrons. The first-order chi connectivity index (χ1) is 15.6. The highest BCUT2D eigenvalue weighted by atomic mass is 16.5. The normalized spacial score (nSPS) is 18.1. The summed E-state index contributed by atoms with van der Waals surface area (Å²) in [5.41, 5.74) is 2.80. The molecule has 6 heteroatoms. The monoisotopic (exact) mass is 445 g/mol. The van der Waals surface area contributed by atoms with Crippen molar-refractivity contribution in [3.05, 3.63) is 88.9 Å². The van der Waals surface area contributed by atoms with Crippen LogP contribution in [0.25, 0.3) is 5.76 Å². The van der Waals surface area contributed by atoms with Gasteiger partial charge in [0.05, 0.1) is 18.9 Å². The number of benzene rings is 2. The second-order valence-corrected chi connectivity index (χ2v) is 9.17. The molecule has 2 heterocycles. The minimum Gasteiger partial charge on any atom is -0.507 e. The number of rotatable bonds is 4. The van der Waals surface area contributed by atoms with Gasteiger partial charge in [-0.2, -0.15) is 0 Å². The molecule has 0 bridgehead atoms. The number of nitrogens with zero attached hydrogens (tertiary/aromatic N) is 1. The van der Waals surface area contributed by atoms with Crippen LogP contribution in [0.5, 0.6) is 5.75 Å². The molecule has 0 spiro atoms. The van der Waals surface area contributed by atoms with Crippen LogP contribution in [-0.2, 0) is 15.0 Å². The lowest BCUT2D eigenvalue weighted by atomic mass is 9.87. The van der Waals surface area contributed by atoms with Crippen LogP contribution >= 0.6 is 0 Å². The molecular formula is C27H27NO5. The molecule has 1 aliphatic heterocycles. The number of carbonyl (C=O) groups is 2. The first-order valence-electron chi connectivity index (χ1n) is 10.7. The standard InChI is InChI=1S/C27H27NO5/c1-16-15-17(8-13-20(16)32-5)24(29)22-23(21-7-6-14-33-21)28(26(31)25(22)30)19-11-9-18(10-12-19)27(2,3)4/h6-15,23,29H,1-5H3/b24-22-. The Morgan fingerprint density at radius 2 is 1.76 bits per heavy atom. The molecular weight excluding hydrogens is 418 g/mol. The van der Waals surface area contributed by atoms with Gasteiger partial charge in [-0.1, -0.05) is 32.9 Å². The number of hydrogen-bond donors (Lipinski definition) is 1. The summed E-state index contributed by atoms with van der Waals surface area (Å²) in [6.45, 7) is 8.16. The fraction of sp³-hybridized carbons (Fsp3) is 0.259. The molecule has 1 atom stereocenters. The maximum absolute atomic E-state index is 13.2. The molecule has 0 radical (unpaired) electrons. The van der Waals surface area contributed by atoms with Gasteiger partial charge >= 0.3 is 0 Å². The van der Waals surface area contributed by atoms with Gasteiger partial charge in [-0.25, -0.2) is 0 Å². The quantitative estimate of drug-likeness (QED) is 0.325. The third kappa shape index (κ3) is 3.93. The Hall–Kier alpha value is -3.80. The number of methoxy groups -OCH3 is 1. The summed E-state index contributed by atoms with van der Waals surface area (Å²) in [7, 11) is 1.56. The SMILES string of the molecule is COc1ccc(/C(O)=C2/C(=O)C(=O)N(c3ccc(C(C)(C)C)cc3)C2c2ccco2)cc1C. The van der Waals surface area contributed by atoms with Crippen LogP contribution < -0.4 is 9.64 Å². The second kappa shape index (κ2) is 8.28. The van der Waals surface area contributed by atoms with E-state index in [-0.39, 0.29) is 16.7 Å². The third-order valence-corrected chi connectivity index (χ3v) is 5.94.